The highest BCUT2D eigenvalue weighted by molar-refractivity contribution is 7.07. The quantitative estimate of drug-likeness (QED) is 0.192. The number of thiazole rings is 1. The van der Waals surface area contributed by atoms with Gasteiger partial charge in [0.15, 0.2) is 11.2 Å². The average molecular weight is 646 g/mol. The van der Waals surface area contributed by atoms with E-state index in [0.29, 0.717) is 15.9 Å². The summed E-state index contributed by atoms with van der Waals surface area (Å²) in [5, 5.41) is 21.7. The SMILES string of the molecule is O=C(NCc1cc(Cl)ccc1Cl)N[n+]1c(-c2cscn2)[nH]c2ccccc21.O=C(O)C(F)(F)F.O=C([O-])C(F)(F)F. The van der Waals surface area contributed by atoms with Gasteiger partial charge in [0.25, 0.3) is 0 Å². The maximum absolute atomic E-state index is 12.5. The largest absolute Gasteiger partial charge is 0.542 e. The number of fused-ring (bicyclic) bond motifs is 1. The van der Waals surface area contributed by atoms with Crippen LogP contribution in [0.2, 0.25) is 10.0 Å². The number of benzene rings is 2. The fourth-order valence-electron chi connectivity index (χ4n) is 2.70. The Morgan fingerprint density at radius 3 is 2.20 bits per heavy atom. The Bertz CT molecular complexity index is 1490. The minimum Gasteiger partial charge on any atom is -0.542 e. The number of H-pyrrole nitrogens is 1. The van der Waals surface area contributed by atoms with Crippen LogP contribution in [0.3, 0.4) is 0 Å². The van der Waals surface area contributed by atoms with Crippen molar-refractivity contribution in [2.24, 2.45) is 0 Å². The summed E-state index contributed by atoms with van der Waals surface area (Å²) in [6, 6.07) is 12.4. The molecule has 41 heavy (non-hydrogen) atoms. The van der Waals surface area contributed by atoms with Crippen molar-refractivity contribution in [1.82, 2.24) is 15.3 Å². The van der Waals surface area contributed by atoms with Gasteiger partial charge in [0, 0.05) is 22.0 Å². The van der Waals surface area contributed by atoms with Crippen LogP contribution in [0.1, 0.15) is 5.56 Å². The van der Waals surface area contributed by atoms with Crippen LogP contribution in [0.5, 0.6) is 0 Å². The molecule has 0 atom stereocenters. The molecule has 0 unspecified atom stereocenters. The second kappa shape index (κ2) is 14.0. The summed E-state index contributed by atoms with van der Waals surface area (Å²) in [6.45, 7) is 0.250. The summed E-state index contributed by atoms with van der Waals surface area (Å²) >= 11 is 13.6. The summed E-state index contributed by atoms with van der Waals surface area (Å²) in [7, 11) is 0. The maximum atomic E-state index is 12.5. The number of nitrogens with zero attached hydrogens (tertiary/aromatic N) is 2. The lowest BCUT2D eigenvalue weighted by Crippen LogP contribution is -2.52. The summed E-state index contributed by atoms with van der Waals surface area (Å²) < 4.78 is 65.0. The van der Waals surface area contributed by atoms with Crippen LogP contribution in [-0.4, -0.2) is 45.4 Å². The number of carboxylic acids is 2. The lowest BCUT2D eigenvalue weighted by Gasteiger charge is -2.08. The Labute approximate surface area is 239 Å². The Morgan fingerprint density at radius 2 is 1.66 bits per heavy atom. The zero-order valence-corrected chi connectivity index (χ0v) is 22.1. The number of para-hydroxylation sites is 2. The number of alkyl halides is 6. The monoisotopic (exact) mass is 645 g/mol. The third kappa shape index (κ3) is 10.1. The first-order valence-corrected chi connectivity index (χ1v) is 12.2. The number of carbonyl (C=O) groups excluding carboxylic acids is 2. The van der Waals surface area contributed by atoms with Crippen molar-refractivity contribution in [3.05, 3.63) is 69.0 Å². The van der Waals surface area contributed by atoms with E-state index in [9.17, 15) is 31.1 Å². The lowest BCUT2D eigenvalue weighted by atomic mass is 10.2. The number of aromatic nitrogens is 3. The van der Waals surface area contributed by atoms with Crippen LogP contribution in [0.25, 0.3) is 22.6 Å². The van der Waals surface area contributed by atoms with E-state index < -0.39 is 24.3 Å². The van der Waals surface area contributed by atoms with E-state index >= 15 is 0 Å². The summed E-state index contributed by atoms with van der Waals surface area (Å²) in [5.41, 5.74) is 7.79. The fraction of sp³-hybridized carbons (Fsp3) is 0.136. The van der Waals surface area contributed by atoms with Crippen molar-refractivity contribution in [2.45, 2.75) is 18.9 Å². The smallest absolute Gasteiger partial charge is 0.490 e. The molecule has 2 heterocycles. The standard InChI is InChI=1S/C18H13Cl2N5OS.2C2HF3O2/c19-12-5-6-13(20)11(7-12)8-21-18(26)24-25-16-4-2-1-3-14(16)23-17(25)15-9-27-10-22-15;2*3-2(4,5)1(6)7/h1-7,9-10H,8H2,(H2,21,24,26);2*(H,6,7). The predicted molar refractivity (Wildman–Crippen MR) is 132 cm³/mol. The normalized spacial score (nSPS) is 11.0. The zero-order chi connectivity index (χ0) is 31.0. The van der Waals surface area contributed by atoms with E-state index in [1.165, 1.54) is 11.3 Å². The van der Waals surface area contributed by atoms with Crippen LogP contribution in [-0.2, 0) is 16.1 Å². The molecule has 0 spiro atoms. The molecule has 4 aromatic rings. The van der Waals surface area contributed by atoms with Gasteiger partial charge >= 0.3 is 30.2 Å². The molecular weight excluding hydrogens is 631 g/mol. The van der Waals surface area contributed by atoms with Gasteiger partial charge in [-0.3, -0.25) is 0 Å². The first kappa shape index (κ1) is 33.1. The first-order valence-electron chi connectivity index (χ1n) is 10.5. The Kier molecular flexibility index (Phi) is 11.3. The molecule has 0 fully saturated rings. The number of carbonyl (C=O) groups is 3. The molecule has 0 aliphatic carbocycles. The van der Waals surface area contributed by atoms with Crippen LogP contribution in [0.15, 0.2) is 53.4 Å². The molecule has 0 saturated carbocycles. The maximum Gasteiger partial charge on any atom is 0.490 e. The number of rotatable bonds is 4. The van der Waals surface area contributed by atoms with Crippen molar-refractivity contribution < 1.29 is 55.6 Å². The second-order valence-electron chi connectivity index (χ2n) is 7.32. The molecule has 0 radical (unpaired) electrons. The predicted octanol–water partition coefficient (Wildman–Crippen LogP) is 4.27. The fourth-order valence-corrected chi connectivity index (χ4v) is 3.61. The average Bonchev–Trinajstić information content (AvgIpc) is 3.53. The van der Waals surface area contributed by atoms with Gasteiger partial charge in [-0.25, -0.2) is 19.6 Å². The van der Waals surface area contributed by atoms with Gasteiger partial charge < -0.3 is 20.3 Å². The summed E-state index contributed by atoms with van der Waals surface area (Å²) in [6.07, 6.45) is -10.3. The molecule has 4 N–H and O–H groups in total. The molecule has 2 amide bonds. The highest BCUT2D eigenvalue weighted by atomic mass is 35.5. The summed E-state index contributed by atoms with van der Waals surface area (Å²) in [4.78, 5) is 37.8. The lowest BCUT2D eigenvalue weighted by molar-refractivity contribution is -0.602. The molecule has 0 aliphatic heterocycles. The minimum atomic E-state index is -5.19. The van der Waals surface area contributed by atoms with Gasteiger partial charge in [0.05, 0.1) is 5.51 Å². The highest BCUT2D eigenvalue weighted by Gasteiger charge is 2.38. The number of hydrogen-bond donors (Lipinski definition) is 4. The third-order valence-corrected chi connectivity index (χ3v) is 5.62. The molecular formula is C22H15Cl2F6N5O5S. The molecule has 0 aliphatic rings. The minimum absolute atomic E-state index is 0.250. The van der Waals surface area contributed by atoms with E-state index in [1.54, 1.807) is 28.4 Å². The molecule has 4 rings (SSSR count). The number of halogens is 8. The van der Waals surface area contributed by atoms with Crippen molar-refractivity contribution in [1.29, 1.82) is 0 Å². The van der Waals surface area contributed by atoms with Gasteiger partial charge in [-0.15, -0.1) is 16.0 Å². The van der Waals surface area contributed by atoms with Crippen LogP contribution in [0.4, 0.5) is 31.1 Å². The Morgan fingerprint density at radius 1 is 1.05 bits per heavy atom. The van der Waals surface area contributed by atoms with Crippen molar-refractivity contribution in [3.63, 3.8) is 0 Å². The zero-order valence-electron chi connectivity index (χ0n) is 19.8. The van der Waals surface area contributed by atoms with E-state index in [-0.39, 0.29) is 12.6 Å². The van der Waals surface area contributed by atoms with Crippen molar-refractivity contribution in [3.8, 4) is 11.5 Å². The first-order chi connectivity index (χ1) is 19.0. The molecule has 0 bridgehead atoms. The number of nitrogens with one attached hydrogen (secondary N) is 3. The van der Waals surface area contributed by atoms with Crippen LogP contribution >= 0.6 is 34.5 Å². The topological polar surface area (TPSA) is 151 Å². The molecule has 0 saturated heterocycles. The van der Waals surface area contributed by atoms with Crippen molar-refractivity contribution >= 4 is 63.5 Å². The van der Waals surface area contributed by atoms with Crippen LogP contribution < -0.4 is 20.5 Å². The van der Waals surface area contributed by atoms with Crippen LogP contribution in [0, 0.1) is 0 Å². The van der Waals surface area contributed by atoms with Gasteiger partial charge in [0.2, 0.25) is 5.52 Å². The second-order valence-corrected chi connectivity index (χ2v) is 8.88. The Hall–Kier alpha value is -4.09. The van der Waals surface area contributed by atoms with Gasteiger partial charge in [0.1, 0.15) is 5.97 Å². The van der Waals surface area contributed by atoms with E-state index in [1.807, 2.05) is 29.6 Å². The number of urea groups is 1. The Balaban J connectivity index is 0.000000349. The van der Waals surface area contributed by atoms with Gasteiger partial charge in [-0.05, 0) is 35.9 Å². The van der Waals surface area contributed by atoms with Gasteiger partial charge in [-0.1, -0.05) is 35.3 Å². The molecule has 2 aromatic heterocycles. The number of hydrogen-bond acceptors (Lipinski definition) is 6. The van der Waals surface area contributed by atoms with Gasteiger partial charge in [-0.2, -0.15) is 31.8 Å². The van der Waals surface area contributed by atoms with E-state index in [4.69, 9.17) is 43.0 Å². The number of aliphatic carboxylic acids is 2. The molecule has 19 heteroatoms. The molecule has 220 valence electrons. The molecule has 10 nitrogen and oxygen atoms in total. The number of imidazole rings is 1. The summed E-state index contributed by atoms with van der Waals surface area (Å²) in [5.74, 6) is -5.08. The highest BCUT2D eigenvalue weighted by Crippen LogP contribution is 2.21. The number of carboxylic acid groups (broad SMARTS) is 2. The van der Waals surface area contributed by atoms with E-state index in [0.717, 1.165) is 22.3 Å². The number of amides is 2. The molecule has 2 aromatic carbocycles. The number of aromatic amines is 1. The van der Waals surface area contributed by atoms with Crippen molar-refractivity contribution in [2.75, 3.05) is 5.43 Å². The third-order valence-electron chi connectivity index (χ3n) is 4.43. The van der Waals surface area contributed by atoms with E-state index in [2.05, 4.69) is 20.7 Å².